The fourth-order valence-corrected chi connectivity index (χ4v) is 4.06. The lowest BCUT2D eigenvalue weighted by Crippen LogP contribution is -2.13. The number of nitrogens with zero attached hydrogens (tertiary/aromatic N) is 2. The van der Waals surface area contributed by atoms with Gasteiger partial charge in [0, 0.05) is 35.9 Å². The summed E-state index contributed by atoms with van der Waals surface area (Å²) in [6.07, 6.45) is 3.02. The van der Waals surface area contributed by atoms with E-state index in [0.717, 1.165) is 36.5 Å². The number of ether oxygens (including phenoxy) is 1. The Morgan fingerprint density at radius 2 is 1.85 bits per heavy atom. The third kappa shape index (κ3) is 2.79. The number of benzene rings is 2. The molecule has 0 fully saturated rings. The van der Waals surface area contributed by atoms with Crippen molar-refractivity contribution in [3.63, 3.8) is 0 Å². The molecular weight excluding hydrogens is 336 g/mol. The Kier molecular flexibility index (Phi) is 4.62. The summed E-state index contributed by atoms with van der Waals surface area (Å²) < 4.78 is 7.87. The summed E-state index contributed by atoms with van der Waals surface area (Å²) in [4.78, 5) is 4.71. The van der Waals surface area contributed by atoms with E-state index in [1.807, 2.05) is 19.3 Å². The average molecular weight is 362 g/mol. The lowest BCUT2D eigenvalue weighted by atomic mass is 10.0. The molecule has 0 aliphatic carbocycles. The van der Waals surface area contributed by atoms with Gasteiger partial charge in [-0.1, -0.05) is 18.2 Å². The van der Waals surface area contributed by atoms with Crippen LogP contribution < -0.4 is 15.4 Å². The van der Waals surface area contributed by atoms with E-state index in [0.29, 0.717) is 0 Å². The van der Waals surface area contributed by atoms with Gasteiger partial charge in [-0.05, 0) is 44.6 Å². The van der Waals surface area contributed by atoms with Gasteiger partial charge in [0.25, 0.3) is 0 Å². The number of methoxy groups -OCH3 is 1. The second kappa shape index (κ2) is 7.08. The number of anilines is 1. The fourth-order valence-electron chi connectivity index (χ4n) is 4.06. The molecule has 2 heterocycles. The lowest BCUT2D eigenvalue weighted by Gasteiger charge is -2.09. The van der Waals surface area contributed by atoms with E-state index in [2.05, 4.69) is 53.4 Å². The third-order valence-corrected chi connectivity index (χ3v) is 5.28. The number of hydrogen-bond acceptors (Lipinski definition) is 4. The van der Waals surface area contributed by atoms with E-state index in [1.165, 1.54) is 32.8 Å². The van der Waals surface area contributed by atoms with Crippen molar-refractivity contribution in [2.75, 3.05) is 32.6 Å². The van der Waals surface area contributed by atoms with Gasteiger partial charge in [-0.3, -0.25) is 0 Å². The van der Waals surface area contributed by atoms with E-state index < -0.39 is 0 Å². The normalized spacial score (nSPS) is 11.6. The molecule has 2 aromatic carbocycles. The minimum Gasteiger partial charge on any atom is -0.496 e. The Bertz CT molecular complexity index is 1130. The number of rotatable bonds is 6. The van der Waals surface area contributed by atoms with Crippen LogP contribution in [0.2, 0.25) is 0 Å². The highest BCUT2D eigenvalue weighted by atomic mass is 16.5. The Morgan fingerprint density at radius 1 is 1.04 bits per heavy atom. The number of pyridine rings is 1. The standard InChI is InChI=1S/C22H26N4O/c1-14-13-25-22(24-12-6-11-23-2)19-17-10-9-15-16(7-5-8-18(15)27-4)21(17)26(3)20(14)19/h5,7-10,13,23H,6,11-12H2,1-4H3,(H,24,25). The summed E-state index contributed by atoms with van der Waals surface area (Å²) >= 11 is 0. The molecule has 0 saturated carbocycles. The first-order valence-electron chi connectivity index (χ1n) is 9.39. The second-order valence-corrected chi connectivity index (χ2v) is 6.97. The zero-order valence-electron chi connectivity index (χ0n) is 16.4. The fraction of sp³-hybridized carbons (Fsp3) is 0.318. The van der Waals surface area contributed by atoms with Crippen molar-refractivity contribution in [1.82, 2.24) is 14.9 Å². The molecule has 5 heteroatoms. The third-order valence-electron chi connectivity index (χ3n) is 5.28. The molecule has 2 N–H and O–H groups in total. The molecule has 0 unspecified atom stereocenters. The minimum absolute atomic E-state index is 0.893. The highest BCUT2D eigenvalue weighted by Crippen LogP contribution is 2.39. The van der Waals surface area contributed by atoms with E-state index in [4.69, 9.17) is 9.72 Å². The van der Waals surface area contributed by atoms with Gasteiger partial charge in [0.05, 0.1) is 23.5 Å². The van der Waals surface area contributed by atoms with E-state index in [1.54, 1.807) is 7.11 Å². The number of hydrogen-bond donors (Lipinski definition) is 2. The highest BCUT2D eigenvalue weighted by Gasteiger charge is 2.17. The zero-order chi connectivity index (χ0) is 19.0. The van der Waals surface area contributed by atoms with Crippen LogP contribution in [0.15, 0.2) is 36.5 Å². The maximum atomic E-state index is 5.57. The quantitative estimate of drug-likeness (QED) is 0.504. The van der Waals surface area contributed by atoms with Gasteiger partial charge in [-0.15, -0.1) is 0 Å². The summed E-state index contributed by atoms with van der Waals surface area (Å²) in [5.74, 6) is 1.86. The largest absolute Gasteiger partial charge is 0.496 e. The molecule has 0 atom stereocenters. The van der Waals surface area contributed by atoms with Gasteiger partial charge in [-0.25, -0.2) is 4.98 Å². The minimum atomic E-state index is 0.893. The van der Waals surface area contributed by atoms with Crippen LogP contribution in [0, 0.1) is 6.92 Å². The predicted molar refractivity (Wildman–Crippen MR) is 114 cm³/mol. The number of aromatic nitrogens is 2. The summed E-state index contributed by atoms with van der Waals surface area (Å²) in [5.41, 5.74) is 3.63. The van der Waals surface area contributed by atoms with Crippen LogP contribution in [0.1, 0.15) is 12.0 Å². The second-order valence-electron chi connectivity index (χ2n) is 6.97. The Labute approximate surface area is 159 Å². The molecule has 2 aromatic heterocycles. The van der Waals surface area contributed by atoms with Gasteiger partial charge in [0.1, 0.15) is 11.6 Å². The van der Waals surface area contributed by atoms with Crippen molar-refractivity contribution >= 4 is 38.4 Å². The molecule has 0 bridgehead atoms. The smallest absolute Gasteiger partial charge is 0.136 e. The SMILES string of the molecule is CNCCCNc1ncc(C)c2c1c1ccc3c(OC)cccc3c1n2C. The first-order valence-corrected chi connectivity index (χ1v) is 9.39. The summed E-state index contributed by atoms with van der Waals surface area (Å²) in [6.45, 7) is 4.01. The summed E-state index contributed by atoms with van der Waals surface area (Å²) in [6, 6.07) is 10.6. The molecule has 0 aliphatic rings. The monoisotopic (exact) mass is 362 g/mol. The van der Waals surface area contributed by atoms with Crippen LogP contribution in [-0.4, -0.2) is 36.8 Å². The topological polar surface area (TPSA) is 51.1 Å². The summed E-state index contributed by atoms with van der Waals surface area (Å²) in [7, 11) is 5.84. The number of nitrogens with one attached hydrogen (secondary N) is 2. The molecule has 0 saturated heterocycles. The van der Waals surface area contributed by atoms with E-state index in [-0.39, 0.29) is 0 Å². The molecule has 4 rings (SSSR count). The first-order chi connectivity index (χ1) is 13.2. The van der Waals surface area contributed by atoms with Crippen molar-refractivity contribution in [2.24, 2.45) is 7.05 Å². The van der Waals surface area contributed by atoms with Gasteiger partial charge >= 0.3 is 0 Å². The van der Waals surface area contributed by atoms with Crippen LogP contribution >= 0.6 is 0 Å². The lowest BCUT2D eigenvalue weighted by molar-refractivity contribution is 0.420. The maximum Gasteiger partial charge on any atom is 0.136 e. The zero-order valence-corrected chi connectivity index (χ0v) is 16.4. The van der Waals surface area contributed by atoms with E-state index >= 15 is 0 Å². The molecule has 0 radical (unpaired) electrons. The van der Waals surface area contributed by atoms with Crippen molar-refractivity contribution in [2.45, 2.75) is 13.3 Å². The van der Waals surface area contributed by atoms with Gasteiger partial charge in [0.2, 0.25) is 0 Å². The summed E-state index contributed by atoms with van der Waals surface area (Å²) in [5, 5.41) is 11.5. The molecule has 0 spiro atoms. The Balaban J connectivity index is 2.00. The van der Waals surface area contributed by atoms with Gasteiger partial charge in [-0.2, -0.15) is 0 Å². The molecule has 0 aliphatic heterocycles. The Hall–Kier alpha value is -2.79. The highest BCUT2D eigenvalue weighted by molar-refractivity contribution is 6.21. The Morgan fingerprint density at radius 3 is 2.63 bits per heavy atom. The predicted octanol–water partition coefficient (Wildman–Crippen LogP) is 4.22. The number of aryl methyl sites for hydroxylation is 2. The van der Waals surface area contributed by atoms with Crippen molar-refractivity contribution in [1.29, 1.82) is 0 Å². The molecule has 5 nitrogen and oxygen atoms in total. The van der Waals surface area contributed by atoms with E-state index in [9.17, 15) is 0 Å². The molecule has 0 amide bonds. The molecule has 27 heavy (non-hydrogen) atoms. The first kappa shape index (κ1) is 17.6. The van der Waals surface area contributed by atoms with Crippen LogP contribution in [0.3, 0.4) is 0 Å². The van der Waals surface area contributed by atoms with Crippen LogP contribution in [0.25, 0.3) is 32.6 Å². The van der Waals surface area contributed by atoms with Gasteiger partial charge < -0.3 is 19.9 Å². The van der Waals surface area contributed by atoms with Crippen molar-refractivity contribution in [3.05, 3.63) is 42.1 Å². The van der Waals surface area contributed by atoms with Crippen LogP contribution in [-0.2, 0) is 7.05 Å². The molecule has 4 aromatic rings. The molecule has 140 valence electrons. The van der Waals surface area contributed by atoms with Crippen molar-refractivity contribution < 1.29 is 4.74 Å². The van der Waals surface area contributed by atoms with Crippen molar-refractivity contribution in [3.8, 4) is 5.75 Å². The van der Waals surface area contributed by atoms with Crippen LogP contribution in [0.5, 0.6) is 5.75 Å². The number of fused-ring (bicyclic) bond motifs is 5. The van der Waals surface area contributed by atoms with Crippen LogP contribution in [0.4, 0.5) is 5.82 Å². The molecular formula is C22H26N4O. The van der Waals surface area contributed by atoms with Gasteiger partial charge in [0.15, 0.2) is 0 Å². The maximum absolute atomic E-state index is 5.57. The average Bonchev–Trinajstić information content (AvgIpc) is 3.00.